The molecule has 1 fully saturated rings. The zero-order valence-corrected chi connectivity index (χ0v) is 14.2. The van der Waals surface area contributed by atoms with Crippen LogP contribution in [0.5, 0.6) is 0 Å². The molecule has 0 spiro atoms. The highest BCUT2D eigenvalue weighted by molar-refractivity contribution is 9.10. The van der Waals surface area contributed by atoms with E-state index in [0.29, 0.717) is 36.1 Å². The molecule has 4 heterocycles. The Labute approximate surface area is 139 Å². The van der Waals surface area contributed by atoms with Gasteiger partial charge in [-0.05, 0) is 22.9 Å². The lowest BCUT2D eigenvalue weighted by molar-refractivity contribution is 0.0835. The van der Waals surface area contributed by atoms with Crippen molar-refractivity contribution in [2.45, 2.75) is 13.0 Å². The van der Waals surface area contributed by atoms with Crippen molar-refractivity contribution in [2.75, 3.05) is 24.7 Å². The minimum Gasteiger partial charge on any atom is -0.377 e. The summed E-state index contributed by atoms with van der Waals surface area (Å²) in [6, 6.07) is -0.185. The predicted octanol–water partition coefficient (Wildman–Crippen LogP) is 1.40. The number of ether oxygens (including phenoxy) is 1. The molecule has 1 aliphatic heterocycles. The second-order valence-corrected chi connectivity index (χ2v) is 6.03. The van der Waals surface area contributed by atoms with E-state index in [1.807, 2.05) is 7.05 Å². The van der Waals surface area contributed by atoms with Crippen molar-refractivity contribution in [1.29, 1.82) is 0 Å². The highest BCUT2D eigenvalue weighted by Crippen LogP contribution is 2.35. The second kappa shape index (κ2) is 5.53. The van der Waals surface area contributed by atoms with E-state index < -0.39 is 0 Å². The lowest BCUT2D eigenvalue weighted by atomic mass is 10.2. The maximum atomic E-state index is 5.60. The van der Waals surface area contributed by atoms with Gasteiger partial charge in [-0.1, -0.05) is 5.16 Å². The van der Waals surface area contributed by atoms with Gasteiger partial charge in [0.25, 0.3) is 5.89 Å². The number of morpholine rings is 1. The molecule has 23 heavy (non-hydrogen) atoms. The Kier molecular flexibility index (Phi) is 3.49. The number of anilines is 1. The van der Waals surface area contributed by atoms with E-state index in [-0.39, 0.29) is 6.04 Å². The Morgan fingerprint density at radius 2 is 2.22 bits per heavy atom. The monoisotopic (exact) mass is 379 g/mol. The smallest absolute Gasteiger partial charge is 0.251 e. The maximum Gasteiger partial charge on any atom is 0.251 e. The van der Waals surface area contributed by atoms with Gasteiger partial charge in [-0.15, -0.1) is 0 Å². The average Bonchev–Trinajstić information content (AvgIpc) is 3.11. The lowest BCUT2D eigenvalue weighted by Crippen LogP contribution is -2.40. The Bertz CT molecular complexity index is 861. The third-order valence-corrected chi connectivity index (χ3v) is 4.34. The van der Waals surface area contributed by atoms with Gasteiger partial charge in [0.2, 0.25) is 0 Å². The Hall–Kier alpha value is -2.07. The fourth-order valence-electron chi connectivity index (χ4n) is 2.75. The molecule has 0 saturated carbocycles. The van der Waals surface area contributed by atoms with Crippen molar-refractivity contribution in [3.63, 3.8) is 0 Å². The summed E-state index contributed by atoms with van der Waals surface area (Å²) in [6.45, 7) is 3.53. The number of nitrogens with zero attached hydrogens (tertiary/aromatic N) is 7. The van der Waals surface area contributed by atoms with E-state index in [2.05, 4.69) is 46.0 Å². The SMILES string of the molecule is Cc1noc([C@H]2COCCN2c2ncnc3c2c(Br)nn3C)n1. The minimum atomic E-state index is -0.185. The summed E-state index contributed by atoms with van der Waals surface area (Å²) in [5, 5.41) is 9.11. The van der Waals surface area contributed by atoms with Crippen LogP contribution >= 0.6 is 15.9 Å². The number of halogens is 1. The molecular formula is C13H14BrN7O2. The number of hydrogen-bond acceptors (Lipinski definition) is 8. The molecule has 3 aromatic heterocycles. The molecule has 0 radical (unpaired) electrons. The summed E-state index contributed by atoms with van der Waals surface area (Å²) in [5.41, 5.74) is 0.758. The van der Waals surface area contributed by atoms with Crippen LogP contribution in [0.2, 0.25) is 0 Å². The molecule has 1 atom stereocenters. The van der Waals surface area contributed by atoms with Gasteiger partial charge in [0, 0.05) is 13.6 Å². The summed E-state index contributed by atoms with van der Waals surface area (Å²) >= 11 is 3.49. The highest BCUT2D eigenvalue weighted by atomic mass is 79.9. The molecule has 3 aromatic rings. The molecule has 0 unspecified atom stereocenters. The summed E-state index contributed by atoms with van der Waals surface area (Å²) in [6.07, 6.45) is 1.54. The van der Waals surface area contributed by atoms with Crippen LogP contribution in [0.3, 0.4) is 0 Å². The molecular weight excluding hydrogens is 366 g/mol. The summed E-state index contributed by atoms with van der Waals surface area (Å²) in [7, 11) is 1.85. The number of aromatic nitrogens is 6. The first-order chi connectivity index (χ1) is 11.1. The third-order valence-electron chi connectivity index (χ3n) is 3.79. The van der Waals surface area contributed by atoms with E-state index >= 15 is 0 Å². The van der Waals surface area contributed by atoms with Crippen LogP contribution in [0.15, 0.2) is 15.5 Å². The van der Waals surface area contributed by atoms with Gasteiger partial charge >= 0.3 is 0 Å². The minimum absolute atomic E-state index is 0.185. The van der Waals surface area contributed by atoms with Gasteiger partial charge in [0.15, 0.2) is 11.5 Å². The van der Waals surface area contributed by atoms with Crippen LogP contribution in [-0.4, -0.2) is 49.6 Å². The van der Waals surface area contributed by atoms with Gasteiger partial charge in [-0.25, -0.2) is 14.6 Å². The van der Waals surface area contributed by atoms with Crippen LogP contribution in [0.25, 0.3) is 11.0 Å². The second-order valence-electron chi connectivity index (χ2n) is 5.27. The van der Waals surface area contributed by atoms with E-state index in [4.69, 9.17) is 9.26 Å². The van der Waals surface area contributed by atoms with Crippen molar-refractivity contribution < 1.29 is 9.26 Å². The number of hydrogen-bond donors (Lipinski definition) is 0. The van der Waals surface area contributed by atoms with E-state index in [1.165, 1.54) is 6.33 Å². The normalized spacial score (nSPS) is 18.7. The van der Waals surface area contributed by atoms with Crippen LogP contribution in [0, 0.1) is 6.92 Å². The van der Waals surface area contributed by atoms with E-state index in [9.17, 15) is 0 Å². The quantitative estimate of drug-likeness (QED) is 0.659. The zero-order chi connectivity index (χ0) is 16.0. The molecule has 120 valence electrons. The molecule has 9 nitrogen and oxygen atoms in total. The Morgan fingerprint density at radius 1 is 1.35 bits per heavy atom. The van der Waals surface area contributed by atoms with Gasteiger partial charge in [-0.2, -0.15) is 10.1 Å². The fourth-order valence-corrected chi connectivity index (χ4v) is 3.35. The largest absolute Gasteiger partial charge is 0.377 e. The van der Waals surface area contributed by atoms with Crippen LogP contribution < -0.4 is 4.90 Å². The van der Waals surface area contributed by atoms with Gasteiger partial charge in [-0.3, -0.25) is 0 Å². The first kappa shape index (κ1) is 14.5. The first-order valence-electron chi connectivity index (χ1n) is 7.13. The zero-order valence-electron chi connectivity index (χ0n) is 12.6. The van der Waals surface area contributed by atoms with Crippen molar-refractivity contribution in [3.8, 4) is 0 Å². The molecule has 0 N–H and O–H groups in total. The van der Waals surface area contributed by atoms with Crippen molar-refractivity contribution in [1.82, 2.24) is 29.9 Å². The number of fused-ring (bicyclic) bond motifs is 1. The number of aryl methyl sites for hydroxylation is 2. The maximum absolute atomic E-state index is 5.60. The van der Waals surface area contributed by atoms with Crippen LogP contribution in [-0.2, 0) is 11.8 Å². The van der Waals surface area contributed by atoms with Crippen molar-refractivity contribution in [2.24, 2.45) is 7.05 Å². The molecule has 0 aliphatic carbocycles. The number of rotatable bonds is 2. The summed E-state index contributed by atoms with van der Waals surface area (Å²) in [4.78, 5) is 15.2. The summed E-state index contributed by atoms with van der Waals surface area (Å²) in [5.74, 6) is 1.90. The molecule has 1 aliphatic rings. The Balaban J connectivity index is 1.84. The lowest BCUT2D eigenvalue weighted by Gasteiger charge is -2.34. The fraction of sp³-hybridized carbons (Fsp3) is 0.462. The molecule has 1 saturated heterocycles. The van der Waals surface area contributed by atoms with Gasteiger partial charge < -0.3 is 14.2 Å². The topological polar surface area (TPSA) is 95.0 Å². The molecule has 10 heteroatoms. The van der Waals surface area contributed by atoms with Crippen molar-refractivity contribution >= 4 is 32.8 Å². The molecule has 4 rings (SSSR count). The first-order valence-corrected chi connectivity index (χ1v) is 7.92. The standard InChI is InChI=1S/C13H14BrN7O2/c1-7-17-13(23-19-7)8-5-22-4-3-21(8)12-9-10(14)18-20(2)11(9)15-6-16-12/h6,8H,3-5H2,1-2H3/t8-/m1/s1. The highest BCUT2D eigenvalue weighted by Gasteiger charge is 2.32. The Morgan fingerprint density at radius 3 is 3.00 bits per heavy atom. The average molecular weight is 380 g/mol. The molecule has 0 amide bonds. The van der Waals surface area contributed by atoms with E-state index in [1.54, 1.807) is 11.6 Å². The predicted molar refractivity (Wildman–Crippen MR) is 83.9 cm³/mol. The third kappa shape index (κ3) is 2.38. The summed E-state index contributed by atoms with van der Waals surface area (Å²) < 4.78 is 13.4. The van der Waals surface area contributed by atoms with Crippen LogP contribution in [0.1, 0.15) is 17.8 Å². The van der Waals surface area contributed by atoms with Gasteiger partial charge in [0.05, 0.1) is 18.6 Å². The molecule has 0 aromatic carbocycles. The van der Waals surface area contributed by atoms with Crippen LogP contribution in [0.4, 0.5) is 5.82 Å². The van der Waals surface area contributed by atoms with Gasteiger partial charge in [0.1, 0.15) is 22.8 Å². The molecule has 0 bridgehead atoms. The van der Waals surface area contributed by atoms with E-state index in [0.717, 1.165) is 16.9 Å². The van der Waals surface area contributed by atoms with Crippen molar-refractivity contribution in [3.05, 3.63) is 22.6 Å².